The highest BCUT2D eigenvalue weighted by Gasteiger charge is 2.54. The maximum absolute atomic E-state index is 13.4. The molecule has 0 saturated carbocycles. The number of aryl methyl sites for hydroxylation is 1. The van der Waals surface area contributed by atoms with Gasteiger partial charge >= 0.3 is 5.97 Å². The maximum Gasteiger partial charge on any atom is 0.308 e. The molecule has 1 aromatic rings. The van der Waals surface area contributed by atoms with Crippen LogP contribution in [0, 0.1) is 12.8 Å². The minimum Gasteiger partial charge on any atom is -0.496 e. The number of carboxylic acids is 1. The van der Waals surface area contributed by atoms with Crippen LogP contribution in [0.25, 0.3) is 0 Å². The van der Waals surface area contributed by atoms with Gasteiger partial charge in [-0.2, -0.15) is 4.31 Å². The average Bonchev–Trinajstić information content (AvgIpc) is 3.12. The van der Waals surface area contributed by atoms with Gasteiger partial charge in [-0.15, -0.1) is 0 Å². The van der Waals surface area contributed by atoms with Crippen LogP contribution in [0.5, 0.6) is 5.75 Å². The van der Waals surface area contributed by atoms with E-state index in [2.05, 4.69) is 0 Å². The molecule has 3 atom stereocenters. The summed E-state index contributed by atoms with van der Waals surface area (Å²) in [6, 6.07) is 2.81. The lowest BCUT2D eigenvalue weighted by Crippen LogP contribution is -2.38. The molecule has 0 aromatic heterocycles. The molecule has 0 aliphatic carbocycles. The minimum absolute atomic E-state index is 0.117. The molecule has 6 nitrogen and oxygen atoms in total. The highest BCUT2D eigenvalue weighted by Crippen LogP contribution is 2.46. The van der Waals surface area contributed by atoms with Crippen molar-refractivity contribution in [3.8, 4) is 5.75 Å². The molecule has 1 N–H and O–H groups in total. The predicted octanol–water partition coefficient (Wildman–Crippen LogP) is 2.75. The Bertz CT molecular complexity index is 802. The minimum atomic E-state index is -3.74. The third kappa shape index (κ3) is 2.83. The molecule has 25 heavy (non-hydrogen) atoms. The van der Waals surface area contributed by atoms with Gasteiger partial charge in [0.25, 0.3) is 0 Å². The molecule has 3 rings (SSSR count). The van der Waals surface area contributed by atoms with E-state index in [1.165, 1.54) is 4.31 Å². The molecule has 0 spiro atoms. The zero-order chi connectivity index (χ0) is 18.5. The third-order valence-corrected chi connectivity index (χ3v) is 7.61. The van der Waals surface area contributed by atoms with E-state index in [9.17, 15) is 18.3 Å². The Kier molecular flexibility index (Phi) is 4.58. The summed E-state index contributed by atoms with van der Waals surface area (Å²) in [6.45, 7) is 5.74. The van der Waals surface area contributed by atoms with Crippen molar-refractivity contribution in [2.75, 3.05) is 7.11 Å². The van der Waals surface area contributed by atoms with Crippen LogP contribution in [-0.2, 0) is 14.8 Å². The largest absolute Gasteiger partial charge is 0.496 e. The smallest absolute Gasteiger partial charge is 0.308 e. The molecule has 1 aromatic carbocycles. The van der Waals surface area contributed by atoms with Crippen LogP contribution >= 0.6 is 0 Å². The van der Waals surface area contributed by atoms with Gasteiger partial charge < -0.3 is 9.84 Å². The summed E-state index contributed by atoms with van der Waals surface area (Å²) in [7, 11) is -2.16. The number of rotatable bonds is 5. The lowest BCUT2D eigenvalue weighted by Gasteiger charge is -2.24. The van der Waals surface area contributed by atoms with Gasteiger partial charge in [-0.05, 0) is 55.4 Å². The first-order chi connectivity index (χ1) is 11.7. The van der Waals surface area contributed by atoms with Crippen molar-refractivity contribution in [1.82, 2.24) is 4.31 Å². The maximum atomic E-state index is 13.4. The van der Waals surface area contributed by atoms with Crippen LogP contribution in [-0.4, -0.2) is 43.0 Å². The van der Waals surface area contributed by atoms with Crippen LogP contribution in [0.15, 0.2) is 17.0 Å². The molecule has 2 heterocycles. The standard InChI is InChI=1S/C18H25NO5S/c1-10(2)13-9-17(11(3)7-16(13)24-4)25(22,23)19-12-5-6-15(19)14(8-12)18(20)21/h7,9-10,12,14-15H,5-6,8H2,1-4H3,(H,20,21). The second-order valence-electron chi connectivity index (χ2n) is 7.33. The molecule has 0 amide bonds. The van der Waals surface area contributed by atoms with Crippen molar-refractivity contribution in [1.29, 1.82) is 0 Å². The van der Waals surface area contributed by atoms with E-state index in [-0.39, 0.29) is 16.9 Å². The Morgan fingerprint density at radius 3 is 2.52 bits per heavy atom. The van der Waals surface area contributed by atoms with E-state index in [4.69, 9.17) is 4.74 Å². The number of nitrogens with zero attached hydrogens (tertiary/aromatic N) is 1. The van der Waals surface area contributed by atoms with Gasteiger partial charge in [-0.25, -0.2) is 8.42 Å². The highest BCUT2D eigenvalue weighted by molar-refractivity contribution is 7.89. The first-order valence-electron chi connectivity index (χ1n) is 8.63. The Morgan fingerprint density at radius 1 is 1.32 bits per heavy atom. The quantitative estimate of drug-likeness (QED) is 0.865. The van der Waals surface area contributed by atoms with Gasteiger partial charge in [0.15, 0.2) is 0 Å². The Labute approximate surface area is 148 Å². The van der Waals surface area contributed by atoms with Crippen LogP contribution in [0.3, 0.4) is 0 Å². The summed E-state index contributed by atoms with van der Waals surface area (Å²) in [5.74, 6) is -0.704. The van der Waals surface area contributed by atoms with Crippen molar-refractivity contribution in [2.24, 2.45) is 5.92 Å². The van der Waals surface area contributed by atoms with E-state index in [1.807, 2.05) is 13.8 Å². The van der Waals surface area contributed by atoms with Crippen LogP contribution < -0.4 is 4.74 Å². The van der Waals surface area contributed by atoms with Crippen LogP contribution in [0.4, 0.5) is 0 Å². The topological polar surface area (TPSA) is 83.9 Å². The van der Waals surface area contributed by atoms with Crippen molar-refractivity contribution in [3.63, 3.8) is 0 Å². The predicted molar refractivity (Wildman–Crippen MR) is 93.4 cm³/mol. The van der Waals surface area contributed by atoms with E-state index in [1.54, 1.807) is 26.2 Å². The summed E-state index contributed by atoms with van der Waals surface area (Å²) in [5.41, 5.74) is 1.47. The molecule has 7 heteroatoms. The van der Waals surface area contributed by atoms with E-state index in [0.29, 0.717) is 24.2 Å². The van der Waals surface area contributed by atoms with Crippen LogP contribution in [0.2, 0.25) is 0 Å². The first kappa shape index (κ1) is 18.2. The monoisotopic (exact) mass is 367 g/mol. The van der Waals surface area contributed by atoms with E-state index >= 15 is 0 Å². The van der Waals surface area contributed by atoms with E-state index in [0.717, 1.165) is 12.0 Å². The molecule has 2 aliphatic rings. The molecule has 2 aliphatic heterocycles. The number of ether oxygens (including phenoxy) is 1. The SMILES string of the molecule is COc1cc(C)c(S(=O)(=O)N2C3CCC2C(C(=O)O)C3)cc1C(C)C. The van der Waals surface area contributed by atoms with Crippen LogP contribution in [0.1, 0.15) is 50.2 Å². The number of benzene rings is 1. The number of carbonyl (C=O) groups is 1. The van der Waals surface area contributed by atoms with Gasteiger partial charge in [-0.3, -0.25) is 4.79 Å². The van der Waals surface area contributed by atoms with Gasteiger partial charge in [0.05, 0.1) is 17.9 Å². The second-order valence-corrected chi connectivity index (χ2v) is 9.14. The number of carboxylic acid groups (broad SMARTS) is 1. The van der Waals surface area contributed by atoms with Gasteiger partial charge in [0.2, 0.25) is 10.0 Å². The molecule has 3 unspecified atom stereocenters. The average molecular weight is 367 g/mol. The normalized spacial score (nSPS) is 26.4. The summed E-state index contributed by atoms with van der Waals surface area (Å²) in [5, 5.41) is 9.39. The molecule has 0 radical (unpaired) electrons. The number of fused-ring (bicyclic) bond motifs is 2. The molecular formula is C18H25NO5S. The number of aliphatic carboxylic acids is 1. The molecule has 138 valence electrons. The third-order valence-electron chi connectivity index (χ3n) is 5.49. The highest BCUT2D eigenvalue weighted by atomic mass is 32.2. The number of hydrogen-bond donors (Lipinski definition) is 1. The van der Waals surface area contributed by atoms with Crippen molar-refractivity contribution in [3.05, 3.63) is 23.3 Å². The zero-order valence-electron chi connectivity index (χ0n) is 15.0. The fraction of sp³-hybridized carbons (Fsp3) is 0.611. The first-order valence-corrected chi connectivity index (χ1v) is 10.1. The number of sulfonamides is 1. The van der Waals surface area contributed by atoms with Crippen molar-refractivity contribution < 1.29 is 23.1 Å². The Hall–Kier alpha value is -1.60. The van der Waals surface area contributed by atoms with Gasteiger partial charge in [-0.1, -0.05) is 13.8 Å². The lowest BCUT2D eigenvalue weighted by atomic mass is 9.89. The summed E-state index contributed by atoms with van der Waals surface area (Å²) in [6.07, 6.45) is 1.76. The number of methoxy groups -OCH3 is 1. The van der Waals surface area contributed by atoms with Gasteiger partial charge in [0, 0.05) is 12.1 Å². The Morgan fingerprint density at radius 2 is 2.00 bits per heavy atom. The van der Waals surface area contributed by atoms with Gasteiger partial charge in [0.1, 0.15) is 5.75 Å². The number of hydrogen-bond acceptors (Lipinski definition) is 4. The molecule has 2 bridgehead atoms. The van der Waals surface area contributed by atoms with Crippen molar-refractivity contribution >= 4 is 16.0 Å². The fourth-order valence-electron chi connectivity index (χ4n) is 4.28. The summed E-state index contributed by atoms with van der Waals surface area (Å²) in [4.78, 5) is 11.7. The lowest BCUT2D eigenvalue weighted by molar-refractivity contribution is -0.142. The molecule has 2 saturated heterocycles. The van der Waals surface area contributed by atoms with Crippen molar-refractivity contribution in [2.45, 2.75) is 62.9 Å². The zero-order valence-corrected chi connectivity index (χ0v) is 15.8. The summed E-state index contributed by atoms with van der Waals surface area (Å²) >= 11 is 0. The summed E-state index contributed by atoms with van der Waals surface area (Å²) < 4.78 is 33.6. The molecular weight excluding hydrogens is 342 g/mol. The van der Waals surface area contributed by atoms with E-state index < -0.39 is 28.0 Å². The molecule has 2 fully saturated rings. The Balaban J connectivity index is 2.07. The second kappa shape index (κ2) is 6.29. The fourth-order valence-corrected chi connectivity index (χ4v) is 6.44.